The number of carbonyl (C=O) groups is 1. The van der Waals surface area contributed by atoms with Gasteiger partial charge in [-0.1, -0.05) is 0 Å². The van der Waals surface area contributed by atoms with Gasteiger partial charge in [0.05, 0.1) is 4.90 Å². The third kappa shape index (κ3) is 3.69. The van der Waals surface area contributed by atoms with Gasteiger partial charge < -0.3 is 15.1 Å². The van der Waals surface area contributed by atoms with Crippen molar-refractivity contribution < 1.29 is 23.4 Å². The Hall–Kier alpha value is -1.64. The Morgan fingerprint density at radius 1 is 1.20 bits per heavy atom. The predicted octanol–water partition coefficient (Wildman–Crippen LogP) is 0.272. The fraction of sp³-hybridized carbons (Fsp3) is 0.417. The molecule has 0 fully saturated rings. The van der Waals surface area contributed by atoms with E-state index in [1.165, 1.54) is 13.1 Å². The van der Waals surface area contributed by atoms with Crippen LogP contribution in [0, 0.1) is 0 Å². The van der Waals surface area contributed by atoms with Crippen LogP contribution in [0.2, 0.25) is 0 Å². The first kappa shape index (κ1) is 16.4. The molecule has 2 N–H and O–H groups in total. The third-order valence-corrected chi connectivity index (χ3v) is 4.62. The van der Waals surface area contributed by atoms with Crippen LogP contribution >= 0.6 is 0 Å². The molecule has 112 valence electrons. The van der Waals surface area contributed by atoms with Gasteiger partial charge in [-0.25, -0.2) is 13.2 Å². The molecule has 0 radical (unpaired) electrons. The van der Waals surface area contributed by atoms with E-state index in [2.05, 4.69) is 0 Å². The number of hydrogen-bond donors (Lipinski definition) is 2. The Morgan fingerprint density at radius 3 is 2.30 bits per heavy atom. The van der Waals surface area contributed by atoms with E-state index in [-0.39, 0.29) is 11.4 Å². The second kappa shape index (κ2) is 6.21. The summed E-state index contributed by atoms with van der Waals surface area (Å²) in [4.78, 5) is 12.6. The van der Waals surface area contributed by atoms with Gasteiger partial charge in [0.25, 0.3) is 0 Å². The van der Waals surface area contributed by atoms with Crippen molar-refractivity contribution >= 4 is 16.0 Å². The summed E-state index contributed by atoms with van der Waals surface area (Å²) in [5, 5.41) is 18.3. The predicted molar refractivity (Wildman–Crippen MR) is 73.4 cm³/mol. The number of carboxylic acid groups (broad SMARTS) is 1. The molecule has 1 rings (SSSR count). The van der Waals surface area contributed by atoms with E-state index in [4.69, 9.17) is 5.11 Å². The number of nitrogens with zero attached hydrogens (tertiary/aromatic N) is 2. The van der Waals surface area contributed by atoms with Crippen molar-refractivity contribution in [1.82, 2.24) is 9.21 Å². The molecule has 7 nitrogen and oxygen atoms in total. The lowest BCUT2D eigenvalue weighted by Crippen LogP contribution is -2.33. The molecule has 0 saturated carbocycles. The second-order valence-electron chi connectivity index (χ2n) is 4.61. The number of carboxylic acids is 1. The standard InChI is InChI=1S/C12H18N2O5S/c1-13(2)6-7-14(3)20(18,19)9-4-5-11(15)10(8-9)12(16)17/h4-5,8,15H,6-7H2,1-3H3,(H,16,17). The van der Waals surface area contributed by atoms with Crippen LogP contribution < -0.4 is 0 Å². The number of sulfonamides is 1. The van der Waals surface area contributed by atoms with E-state index >= 15 is 0 Å². The normalized spacial score (nSPS) is 12.1. The van der Waals surface area contributed by atoms with Crippen molar-refractivity contribution in [3.05, 3.63) is 23.8 Å². The van der Waals surface area contributed by atoms with Crippen molar-refractivity contribution in [1.29, 1.82) is 0 Å². The van der Waals surface area contributed by atoms with Gasteiger partial charge in [-0.15, -0.1) is 0 Å². The van der Waals surface area contributed by atoms with Gasteiger partial charge in [-0.05, 0) is 32.3 Å². The molecule has 0 atom stereocenters. The number of rotatable bonds is 6. The number of benzene rings is 1. The number of phenols is 1. The fourth-order valence-corrected chi connectivity index (χ4v) is 2.68. The summed E-state index contributed by atoms with van der Waals surface area (Å²) in [7, 11) is 1.29. The van der Waals surface area contributed by atoms with Gasteiger partial charge in [-0.3, -0.25) is 0 Å². The summed E-state index contributed by atoms with van der Waals surface area (Å²) in [6.45, 7) is 0.818. The molecule has 20 heavy (non-hydrogen) atoms. The second-order valence-corrected chi connectivity index (χ2v) is 6.66. The minimum Gasteiger partial charge on any atom is -0.507 e. The zero-order valence-electron chi connectivity index (χ0n) is 11.6. The molecular formula is C12H18N2O5S. The Labute approximate surface area is 118 Å². The summed E-state index contributed by atoms with van der Waals surface area (Å²) in [6.07, 6.45) is 0. The summed E-state index contributed by atoms with van der Waals surface area (Å²) in [5.41, 5.74) is -0.438. The number of likely N-dealkylation sites (N-methyl/N-ethyl adjacent to an activating group) is 2. The maximum Gasteiger partial charge on any atom is 0.339 e. The zero-order chi connectivity index (χ0) is 15.5. The molecule has 1 aromatic carbocycles. The van der Waals surface area contributed by atoms with E-state index in [0.717, 1.165) is 16.4 Å². The number of aromatic carboxylic acids is 1. The average Bonchev–Trinajstić information content (AvgIpc) is 2.35. The lowest BCUT2D eigenvalue weighted by Gasteiger charge is -2.19. The van der Waals surface area contributed by atoms with Gasteiger partial charge in [-0.2, -0.15) is 4.31 Å². The van der Waals surface area contributed by atoms with E-state index in [1.807, 2.05) is 19.0 Å². The lowest BCUT2D eigenvalue weighted by molar-refractivity contribution is 0.0693. The first-order valence-electron chi connectivity index (χ1n) is 5.83. The Morgan fingerprint density at radius 2 is 1.80 bits per heavy atom. The van der Waals surface area contributed by atoms with Crippen LogP contribution in [0.25, 0.3) is 0 Å². The van der Waals surface area contributed by atoms with Gasteiger partial charge in [0.15, 0.2) is 0 Å². The van der Waals surface area contributed by atoms with Crippen LogP contribution in [0.3, 0.4) is 0 Å². The average molecular weight is 302 g/mol. The smallest absolute Gasteiger partial charge is 0.339 e. The highest BCUT2D eigenvalue weighted by atomic mass is 32.2. The SMILES string of the molecule is CN(C)CCN(C)S(=O)(=O)c1ccc(O)c(C(=O)O)c1. The number of hydrogen-bond acceptors (Lipinski definition) is 5. The first-order valence-corrected chi connectivity index (χ1v) is 7.27. The molecule has 0 amide bonds. The minimum atomic E-state index is -3.78. The molecule has 0 aliphatic heterocycles. The summed E-state index contributed by atoms with van der Waals surface area (Å²) < 4.78 is 25.7. The summed E-state index contributed by atoms with van der Waals surface area (Å²) >= 11 is 0. The van der Waals surface area contributed by atoms with Crippen LogP contribution in [-0.2, 0) is 10.0 Å². The quantitative estimate of drug-likeness (QED) is 0.783. The highest BCUT2D eigenvalue weighted by Gasteiger charge is 2.23. The molecule has 8 heteroatoms. The van der Waals surface area contributed by atoms with Crippen LogP contribution in [0.15, 0.2) is 23.1 Å². The maximum atomic E-state index is 12.3. The van der Waals surface area contributed by atoms with E-state index in [9.17, 15) is 18.3 Å². The topological polar surface area (TPSA) is 98.2 Å². The minimum absolute atomic E-state index is 0.158. The van der Waals surface area contributed by atoms with Crippen LogP contribution in [0.5, 0.6) is 5.75 Å². The highest BCUT2D eigenvalue weighted by molar-refractivity contribution is 7.89. The molecule has 0 aliphatic carbocycles. The monoisotopic (exact) mass is 302 g/mol. The lowest BCUT2D eigenvalue weighted by atomic mass is 10.2. The molecule has 0 bridgehead atoms. The highest BCUT2D eigenvalue weighted by Crippen LogP contribution is 2.23. The molecule has 0 saturated heterocycles. The summed E-state index contributed by atoms with van der Waals surface area (Å²) in [5.74, 6) is -1.84. The van der Waals surface area contributed by atoms with Crippen LogP contribution in [0.1, 0.15) is 10.4 Å². The van der Waals surface area contributed by atoms with E-state index in [1.54, 1.807) is 0 Å². The summed E-state index contributed by atoms with van der Waals surface area (Å²) in [6, 6.07) is 3.21. The third-order valence-electron chi connectivity index (χ3n) is 2.77. The molecule has 0 heterocycles. The van der Waals surface area contributed by atoms with Crippen molar-refractivity contribution in [3.8, 4) is 5.75 Å². The van der Waals surface area contributed by atoms with Crippen LogP contribution in [0.4, 0.5) is 0 Å². The van der Waals surface area contributed by atoms with Crippen LogP contribution in [-0.4, -0.2) is 68.0 Å². The van der Waals surface area contributed by atoms with Gasteiger partial charge in [0, 0.05) is 20.1 Å². The van der Waals surface area contributed by atoms with E-state index < -0.39 is 27.3 Å². The molecule has 1 aromatic rings. The van der Waals surface area contributed by atoms with Gasteiger partial charge in [0.1, 0.15) is 11.3 Å². The fourth-order valence-electron chi connectivity index (χ4n) is 1.49. The largest absolute Gasteiger partial charge is 0.507 e. The van der Waals surface area contributed by atoms with Crippen molar-refractivity contribution in [2.24, 2.45) is 0 Å². The first-order chi connectivity index (χ1) is 9.16. The van der Waals surface area contributed by atoms with Gasteiger partial charge >= 0.3 is 5.97 Å². The van der Waals surface area contributed by atoms with Crippen molar-refractivity contribution in [2.75, 3.05) is 34.2 Å². The Bertz CT molecular complexity index is 598. The Kier molecular flexibility index (Phi) is 5.09. The van der Waals surface area contributed by atoms with E-state index in [0.29, 0.717) is 6.54 Å². The molecule has 0 aromatic heterocycles. The molecular weight excluding hydrogens is 284 g/mol. The van der Waals surface area contributed by atoms with Crippen molar-refractivity contribution in [3.63, 3.8) is 0 Å². The van der Waals surface area contributed by atoms with Gasteiger partial charge in [0.2, 0.25) is 10.0 Å². The zero-order valence-corrected chi connectivity index (χ0v) is 12.4. The van der Waals surface area contributed by atoms with Crippen molar-refractivity contribution in [2.45, 2.75) is 4.90 Å². The maximum absolute atomic E-state index is 12.3. The molecule has 0 unspecified atom stereocenters. The molecule has 0 aliphatic rings. The Balaban J connectivity index is 3.09. The number of aromatic hydroxyl groups is 1. The molecule has 0 spiro atoms.